The molecule has 3 heterocycles. The summed E-state index contributed by atoms with van der Waals surface area (Å²) < 4.78 is 20.4. The van der Waals surface area contributed by atoms with Gasteiger partial charge < -0.3 is 14.5 Å². The van der Waals surface area contributed by atoms with Gasteiger partial charge in [-0.25, -0.2) is 9.37 Å². The number of rotatable bonds is 6. The molecule has 9 heteroatoms. The van der Waals surface area contributed by atoms with E-state index in [2.05, 4.69) is 10.1 Å². The number of quaternary nitrogens is 2. The van der Waals surface area contributed by atoms with Gasteiger partial charge in [0.1, 0.15) is 61.5 Å². The predicted octanol–water partition coefficient (Wildman–Crippen LogP) is -0.655. The topological polar surface area (TPSA) is 65.4 Å². The van der Waals surface area contributed by atoms with Gasteiger partial charge in [0.15, 0.2) is 0 Å². The average molecular weight is 420 g/mol. The third-order valence-corrected chi connectivity index (χ3v) is 6.47. The van der Waals surface area contributed by atoms with Crippen LogP contribution in [-0.2, 0) is 19.5 Å². The Morgan fingerprint density at radius 3 is 2.59 bits per heavy atom. The molecule has 1 saturated heterocycles. The van der Waals surface area contributed by atoms with E-state index in [0.29, 0.717) is 4.96 Å². The molecule has 2 aromatic heterocycles. The first-order valence-corrected chi connectivity index (χ1v) is 10.8. The van der Waals surface area contributed by atoms with Crippen LogP contribution >= 0.6 is 11.3 Å². The Morgan fingerprint density at radius 2 is 1.90 bits per heavy atom. The molecule has 7 nitrogen and oxygen atoms in total. The van der Waals surface area contributed by atoms with E-state index in [0.717, 1.165) is 67.7 Å². The van der Waals surface area contributed by atoms with Crippen molar-refractivity contribution in [1.82, 2.24) is 14.6 Å². The molecule has 0 spiro atoms. The molecule has 0 atom stereocenters. The number of benzene rings is 1. The van der Waals surface area contributed by atoms with Gasteiger partial charge in [0.25, 0.3) is 5.56 Å². The van der Waals surface area contributed by atoms with Gasteiger partial charge in [0.05, 0.1) is 12.7 Å². The fourth-order valence-corrected chi connectivity index (χ4v) is 4.71. The minimum atomic E-state index is -0.230. The Balaban J connectivity index is 1.38. The second-order valence-corrected chi connectivity index (χ2v) is 8.48. The Kier molecular flexibility index (Phi) is 5.89. The van der Waals surface area contributed by atoms with Gasteiger partial charge in [-0.3, -0.25) is 4.79 Å². The van der Waals surface area contributed by atoms with Crippen LogP contribution in [0.4, 0.5) is 4.39 Å². The van der Waals surface area contributed by atoms with E-state index < -0.39 is 0 Å². The van der Waals surface area contributed by atoms with Crippen LogP contribution in [0.5, 0.6) is 5.75 Å². The maximum Gasteiger partial charge on any atom is 0.275 e. The van der Waals surface area contributed by atoms with E-state index in [4.69, 9.17) is 4.74 Å². The third-order valence-electron chi connectivity index (χ3n) is 5.42. The number of fused-ring (bicyclic) bond motifs is 1. The molecule has 0 unspecified atom stereocenters. The number of ether oxygens (including phenoxy) is 1. The summed E-state index contributed by atoms with van der Waals surface area (Å²) in [7, 11) is 1.62. The van der Waals surface area contributed by atoms with E-state index in [1.165, 1.54) is 31.7 Å². The fraction of sp³-hybridized carbons (Fsp3) is 0.450. The van der Waals surface area contributed by atoms with E-state index >= 15 is 0 Å². The van der Waals surface area contributed by atoms with E-state index in [1.54, 1.807) is 25.3 Å². The number of hydrogen-bond donors (Lipinski definition) is 2. The zero-order valence-corrected chi connectivity index (χ0v) is 17.5. The van der Waals surface area contributed by atoms with Crippen molar-refractivity contribution in [3.63, 3.8) is 0 Å². The number of aromatic nitrogens is 3. The number of piperazine rings is 1. The largest absolute Gasteiger partial charge is 0.496 e. The Bertz CT molecular complexity index is 1060. The van der Waals surface area contributed by atoms with Crippen molar-refractivity contribution in [3.8, 4) is 5.75 Å². The molecule has 154 valence electrons. The van der Waals surface area contributed by atoms with Gasteiger partial charge in [0, 0.05) is 6.07 Å². The number of halogens is 1. The molecule has 1 fully saturated rings. The number of nitrogens with one attached hydrogen (secondary N) is 2. The molecule has 1 aromatic carbocycles. The van der Waals surface area contributed by atoms with E-state index in [9.17, 15) is 9.18 Å². The van der Waals surface area contributed by atoms with Gasteiger partial charge >= 0.3 is 0 Å². The van der Waals surface area contributed by atoms with Crippen LogP contribution in [0, 0.1) is 5.82 Å². The minimum absolute atomic E-state index is 0.109. The molecule has 0 bridgehead atoms. The summed E-state index contributed by atoms with van der Waals surface area (Å²) in [6.45, 7) is 7.44. The van der Waals surface area contributed by atoms with Crippen LogP contribution in [0.25, 0.3) is 4.96 Å². The molecule has 3 aromatic rings. The van der Waals surface area contributed by atoms with Gasteiger partial charge in [0.2, 0.25) is 4.96 Å². The molecule has 1 aliphatic rings. The number of nitrogens with zero attached hydrogens (tertiary/aromatic N) is 3. The van der Waals surface area contributed by atoms with Gasteiger partial charge in [-0.2, -0.15) is 9.61 Å². The summed E-state index contributed by atoms with van der Waals surface area (Å²) in [5.41, 5.74) is 1.62. The normalized spacial score (nSPS) is 19.6. The molecular weight excluding hydrogens is 393 g/mol. The van der Waals surface area contributed by atoms with Crippen molar-refractivity contribution in [2.45, 2.75) is 26.4 Å². The summed E-state index contributed by atoms with van der Waals surface area (Å²) in [6, 6.07) is 6.29. The van der Waals surface area contributed by atoms with Crippen LogP contribution < -0.4 is 20.1 Å². The number of methoxy groups -OCH3 is 1. The molecule has 0 saturated carbocycles. The van der Waals surface area contributed by atoms with Crippen molar-refractivity contribution in [1.29, 1.82) is 0 Å². The quantitative estimate of drug-likeness (QED) is 0.557. The van der Waals surface area contributed by atoms with Crippen LogP contribution in [0.3, 0.4) is 0 Å². The van der Waals surface area contributed by atoms with E-state index in [1.807, 2.05) is 6.92 Å². The summed E-state index contributed by atoms with van der Waals surface area (Å²) in [5, 5.41) is 5.22. The molecule has 0 amide bonds. The highest BCUT2D eigenvalue weighted by Crippen LogP contribution is 2.18. The lowest BCUT2D eigenvalue weighted by atomic mass is 10.1. The highest BCUT2D eigenvalue weighted by atomic mass is 32.1. The molecular formula is C20H26FN5O2S+2. The Labute approximate surface area is 172 Å². The second-order valence-electron chi connectivity index (χ2n) is 7.44. The Morgan fingerprint density at radius 1 is 1.17 bits per heavy atom. The molecule has 0 radical (unpaired) electrons. The zero-order chi connectivity index (χ0) is 20.4. The van der Waals surface area contributed by atoms with Crippen LogP contribution in [0.2, 0.25) is 0 Å². The smallest absolute Gasteiger partial charge is 0.275 e. The maximum atomic E-state index is 13.6. The molecule has 1 aliphatic heterocycles. The summed E-state index contributed by atoms with van der Waals surface area (Å²) in [6.07, 6.45) is 0.800. The minimum Gasteiger partial charge on any atom is -0.496 e. The van der Waals surface area contributed by atoms with Crippen molar-refractivity contribution < 1.29 is 18.9 Å². The first kappa shape index (κ1) is 19.9. The first-order valence-electron chi connectivity index (χ1n) is 9.94. The number of hydrogen-bond acceptors (Lipinski definition) is 5. The maximum absolute atomic E-state index is 13.6. The Hall–Kier alpha value is -2.36. The van der Waals surface area contributed by atoms with Crippen LogP contribution in [-0.4, -0.2) is 47.9 Å². The highest BCUT2D eigenvalue weighted by molar-refractivity contribution is 7.16. The van der Waals surface area contributed by atoms with Gasteiger partial charge in [-0.05, 0) is 24.6 Å². The first-order chi connectivity index (χ1) is 14.1. The third kappa shape index (κ3) is 4.47. The van der Waals surface area contributed by atoms with Gasteiger partial charge in [-0.15, -0.1) is 0 Å². The lowest BCUT2D eigenvalue weighted by molar-refractivity contribution is -1.02. The van der Waals surface area contributed by atoms with Crippen LogP contribution in [0.15, 0.2) is 29.1 Å². The van der Waals surface area contributed by atoms with Crippen molar-refractivity contribution >= 4 is 16.3 Å². The molecule has 29 heavy (non-hydrogen) atoms. The molecule has 4 rings (SSSR count). The zero-order valence-electron chi connectivity index (χ0n) is 16.7. The second kappa shape index (κ2) is 8.56. The summed E-state index contributed by atoms with van der Waals surface area (Å²) >= 11 is 1.48. The fourth-order valence-electron chi connectivity index (χ4n) is 3.85. The summed E-state index contributed by atoms with van der Waals surface area (Å²) in [5.74, 6) is 0.508. The van der Waals surface area contributed by atoms with E-state index in [-0.39, 0.29) is 11.4 Å². The standard InChI is InChI=1S/C20H24FN5O2S/c1-3-18-23-26-19(27)11-16(22-20(26)29-18)13-25-8-6-24(7-9-25)12-14-10-15(21)4-5-17(14)28-2/h4-5,10-11H,3,6-9,12-13H2,1-2H3/p+2. The molecule has 2 N–H and O–H groups in total. The predicted molar refractivity (Wildman–Crippen MR) is 108 cm³/mol. The summed E-state index contributed by atoms with van der Waals surface area (Å²) in [4.78, 5) is 20.5. The van der Waals surface area contributed by atoms with Crippen molar-refractivity contribution in [2.75, 3.05) is 33.3 Å². The van der Waals surface area contributed by atoms with Crippen molar-refractivity contribution in [2.24, 2.45) is 0 Å². The van der Waals surface area contributed by atoms with Crippen LogP contribution in [0.1, 0.15) is 23.2 Å². The average Bonchev–Trinajstić information content (AvgIpc) is 3.14. The van der Waals surface area contributed by atoms with Gasteiger partial charge in [-0.1, -0.05) is 18.3 Å². The lowest BCUT2D eigenvalue weighted by Crippen LogP contribution is -3.27. The SMILES string of the molecule is CCc1nn2c(=O)cc(C[NH+]3CC[NH+](Cc4cc(F)ccc4OC)CC3)nc2s1. The number of aryl methyl sites for hydroxylation is 1. The highest BCUT2D eigenvalue weighted by Gasteiger charge is 2.25. The lowest BCUT2D eigenvalue weighted by Gasteiger charge is -2.29. The molecule has 0 aliphatic carbocycles. The monoisotopic (exact) mass is 419 g/mol. The van der Waals surface area contributed by atoms with Crippen molar-refractivity contribution in [3.05, 3.63) is 56.7 Å².